The summed E-state index contributed by atoms with van der Waals surface area (Å²) in [5.41, 5.74) is 1.27. The standard InChI is InChI=1S/C23H20ClNO4/c24-16-8-4-13(5-9-16)10-19(26)29-18-3-1-2-17(12-18)25-22(27)20-14-6-7-15(11-14)21(20)23(25)28/h1-5,8-9,12,14-15,20-21H,6-7,10-11H2. The van der Waals surface area contributed by atoms with E-state index in [2.05, 4.69) is 0 Å². The molecule has 0 radical (unpaired) electrons. The number of benzene rings is 2. The zero-order valence-corrected chi connectivity index (χ0v) is 16.5. The third-order valence-electron chi connectivity index (χ3n) is 6.50. The number of rotatable bonds is 4. The Labute approximate surface area is 173 Å². The first kappa shape index (κ1) is 18.4. The van der Waals surface area contributed by atoms with Crippen LogP contribution in [0.3, 0.4) is 0 Å². The maximum absolute atomic E-state index is 13.0. The van der Waals surface area contributed by atoms with Crippen molar-refractivity contribution >= 4 is 35.1 Å². The van der Waals surface area contributed by atoms with Crippen molar-refractivity contribution in [3.63, 3.8) is 0 Å². The number of anilines is 1. The summed E-state index contributed by atoms with van der Waals surface area (Å²) < 4.78 is 5.45. The summed E-state index contributed by atoms with van der Waals surface area (Å²) in [5.74, 6) is 0.0441. The first-order valence-corrected chi connectivity index (χ1v) is 10.3. The van der Waals surface area contributed by atoms with Crippen LogP contribution in [0.4, 0.5) is 5.69 Å². The number of hydrogen-bond donors (Lipinski definition) is 0. The Kier molecular flexibility index (Phi) is 4.43. The topological polar surface area (TPSA) is 63.7 Å². The second-order valence-electron chi connectivity index (χ2n) is 8.17. The third kappa shape index (κ3) is 3.14. The van der Waals surface area contributed by atoms with Crippen molar-refractivity contribution in [2.75, 3.05) is 4.90 Å². The maximum Gasteiger partial charge on any atom is 0.315 e. The van der Waals surface area contributed by atoms with Crippen LogP contribution in [0.5, 0.6) is 5.75 Å². The van der Waals surface area contributed by atoms with Crippen molar-refractivity contribution in [1.82, 2.24) is 0 Å². The number of halogens is 1. The molecular formula is C23H20ClNO4. The molecular weight excluding hydrogens is 390 g/mol. The molecule has 2 amide bonds. The predicted molar refractivity (Wildman–Crippen MR) is 108 cm³/mol. The molecule has 0 aromatic heterocycles. The van der Waals surface area contributed by atoms with Gasteiger partial charge in [0.1, 0.15) is 5.75 Å². The molecule has 4 unspecified atom stereocenters. The largest absolute Gasteiger partial charge is 0.426 e. The zero-order chi connectivity index (χ0) is 20.1. The molecule has 0 N–H and O–H groups in total. The van der Waals surface area contributed by atoms with Crippen LogP contribution in [0.15, 0.2) is 48.5 Å². The van der Waals surface area contributed by atoms with Gasteiger partial charge in [0.15, 0.2) is 0 Å². The molecule has 5 rings (SSSR count). The van der Waals surface area contributed by atoms with Crippen LogP contribution in [0.1, 0.15) is 24.8 Å². The van der Waals surface area contributed by atoms with Gasteiger partial charge in [0.2, 0.25) is 11.8 Å². The molecule has 1 heterocycles. The summed E-state index contributed by atoms with van der Waals surface area (Å²) in [6.45, 7) is 0. The number of imide groups is 1. The van der Waals surface area contributed by atoms with Crippen molar-refractivity contribution in [3.8, 4) is 5.75 Å². The highest BCUT2D eigenvalue weighted by atomic mass is 35.5. The molecule has 29 heavy (non-hydrogen) atoms. The van der Waals surface area contributed by atoms with Crippen molar-refractivity contribution in [3.05, 3.63) is 59.1 Å². The lowest BCUT2D eigenvalue weighted by molar-refractivity contribution is -0.133. The van der Waals surface area contributed by atoms with E-state index >= 15 is 0 Å². The van der Waals surface area contributed by atoms with Gasteiger partial charge < -0.3 is 4.74 Å². The Morgan fingerprint density at radius 2 is 1.66 bits per heavy atom. The second kappa shape index (κ2) is 6.99. The summed E-state index contributed by atoms with van der Waals surface area (Å²) >= 11 is 5.86. The lowest BCUT2D eigenvalue weighted by atomic mass is 9.81. The Hall–Kier alpha value is -2.66. The Morgan fingerprint density at radius 3 is 2.31 bits per heavy atom. The molecule has 3 fully saturated rings. The molecule has 3 aliphatic rings. The fourth-order valence-electron chi connectivity index (χ4n) is 5.29. The van der Waals surface area contributed by atoms with Crippen LogP contribution in [-0.4, -0.2) is 17.8 Å². The van der Waals surface area contributed by atoms with Crippen LogP contribution < -0.4 is 9.64 Å². The molecule has 0 spiro atoms. The van der Waals surface area contributed by atoms with Gasteiger partial charge in [0, 0.05) is 11.1 Å². The third-order valence-corrected chi connectivity index (χ3v) is 6.75. The molecule has 2 aliphatic carbocycles. The van der Waals surface area contributed by atoms with Gasteiger partial charge in [-0.15, -0.1) is 0 Å². The van der Waals surface area contributed by atoms with Gasteiger partial charge in [-0.25, -0.2) is 4.90 Å². The smallest absolute Gasteiger partial charge is 0.315 e. The lowest BCUT2D eigenvalue weighted by Gasteiger charge is -2.19. The van der Waals surface area contributed by atoms with Crippen LogP contribution in [0.2, 0.25) is 5.02 Å². The van der Waals surface area contributed by atoms with E-state index in [9.17, 15) is 14.4 Å². The van der Waals surface area contributed by atoms with Gasteiger partial charge in [-0.05, 0) is 60.9 Å². The number of hydrogen-bond acceptors (Lipinski definition) is 4. The zero-order valence-electron chi connectivity index (χ0n) is 15.7. The monoisotopic (exact) mass is 409 g/mol. The van der Waals surface area contributed by atoms with E-state index in [0.717, 1.165) is 24.8 Å². The number of carbonyl (C=O) groups excluding carboxylic acids is 3. The summed E-state index contributed by atoms with van der Waals surface area (Å²) in [4.78, 5) is 39.5. The van der Waals surface area contributed by atoms with Gasteiger partial charge in [-0.2, -0.15) is 0 Å². The van der Waals surface area contributed by atoms with Crippen molar-refractivity contribution < 1.29 is 19.1 Å². The molecule has 5 nitrogen and oxygen atoms in total. The average molecular weight is 410 g/mol. The van der Waals surface area contributed by atoms with Crippen molar-refractivity contribution in [2.45, 2.75) is 25.7 Å². The molecule has 2 aromatic carbocycles. The molecule has 4 atom stereocenters. The van der Waals surface area contributed by atoms with Crippen LogP contribution in [-0.2, 0) is 20.8 Å². The van der Waals surface area contributed by atoms with Gasteiger partial charge in [0.25, 0.3) is 0 Å². The number of ether oxygens (including phenoxy) is 1. The minimum atomic E-state index is -0.418. The quantitative estimate of drug-likeness (QED) is 0.434. The van der Waals surface area contributed by atoms with E-state index in [0.29, 0.717) is 28.3 Å². The highest BCUT2D eigenvalue weighted by Gasteiger charge is 2.61. The van der Waals surface area contributed by atoms with Crippen molar-refractivity contribution in [1.29, 1.82) is 0 Å². The summed E-state index contributed by atoms with van der Waals surface area (Å²) in [6, 6.07) is 13.7. The van der Waals surface area contributed by atoms with Crippen molar-refractivity contribution in [2.24, 2.45) is 23.7 Å². The average Bonchev–Trinajstić information content (AvgIpc) is 3.37. The summed E-state index contributed by atoms with van der Waals surface area (Å²) in [5, 5.41) is 0.605. The highest BCUT2D eigenvalue weighted by molar-refractivity contribution is 6.30. The minimum absolute atomic E-state index is 0.100. The fraction of sp³-hybridized carbons (Fsp3) is 0.348. The fourth-order valence-corrected chi connectivity index (χ4v) is 5.41. The number of nitrogens with zero attached hydrogens (tertiary/aromatic N) is 1. The molecule has 148 valence electrons. The second-order valence-corrected chi connectivity index (χ2v) is 8.61. The van der Waals surface area contributed by atoms with E-state index in [4.69, 9.17) is 16.3 Å². The first-order chi connectivity index (χ1) is 14.0. The molecule has 1 saturated heterocycles. The van der Waals surface area contributed by atoms with Crippen LogP contribution in [0, 0.1) is 23.7 Å². The molecule has 2 aromatic rings. The van der Waals surface area contributed by atoms with E-state index in [-0.39, 0.29) is 30.1 Å². The normalized spacial score (nSPS) is 27.4. The Bertz CT molecular complexity index is 974. The van der Waals surface area contributed by atoms with Gasteiger partial charge in [-0.3, -0.25) is 14.4 Å². The number of esters is 1. The number of carbonyl (C=O) groups is 3. The highest BCUT2D eigenvalue weighted by Crippen LogP contribution is 2.56. The van der Waals surface area contributed by atoms with Crippen LogP contribution >= 0.6 is 11.6 Å². The van der Waals surface area contributed by atoms with E-state index in [1.807, 2.05) is 0 Å². The minimum Gasteiger partial charge on any atom is -0.426 e. The Morgan fingerprint density at radius 1 is 1.00 bits per heavy atom. The summed E-state index contributed by atoms with van der Waals surface area (Å²) in [6.07, 6.45) is 3.20. The first-order valence-electron chi connectivity index (χ1n) is 9.94. The predicted octanol–water partition coefficient (Wildman–Crippen LogP) is 4.02. The van der Waals surface area contributed by atoms with E-state index < -0.39 is 5.97 Å². The Balaban J connectivity index is 1.32. The molecule has 6 heteroatoms. The van der Waals surface area contributed by atoms with E-state index in [1.54, 1.807) is 48.5 Å². The van der Waals surface area contributed by atoms with Gasteiger partial charge >= 0.3 is 5.97 Å². The number of fused-ring (bicyclic) bond motifs is 5. The van der Waals surface area contributed by atoms with E-state index in [1.165, 1.54) is 4.90 Å². The SMILES string of the molecule is O=C(Cc1ccc(Cl)cc1)Oc1cccc(N2C(=O)C3C4CCC(C4)C3C2=O)c1. The molecule has 2 saturated carbocycles. The lowest BCUT2D eigenvalue weighted by Crippen LogP contribution is -2.32. The van der Waals surface area contributed by atoms with Gasteiger partial charge in [0.05, 0.1) is 23.9 Å². The van der Waals surface area contributed by atoms with Crippen LogP contribution in [0.25, 0.3) is 0 Å². The maximum atomic E-state index is 13.0. The van der Waals surface area contributed by atoms with Gasteiger partial charge in [-0.1, -0.05) is 29.8 Å². The summed E-state index contributed by atoms with van der Waals surface area (Å²) in [7, 11) is 0. The molecule has 1 aliphatic heterocycles. The number of amides is 2. The molecule has 2 bridgehead atoms.